The van der Waals surface area contributed by atoms with Gasteiger partial charge in [-0.15, -0.1) is 0 Å². The van der Waals surface area contributed by atoms with E-state index in [0.29, 0.717) is 12.5 Å². The van der Waals surface area contributed by atoms with Crippen LogP contribution in [0.15, 0.2) is 23.2 Å². The predicted molar refractivity (Wildman–Crippen MR) is 67.2 cm³/mol. The molecule has 0 aliphatic carbocycles. The van der Waals surface area contributed by atoms with E-state index in [2.05, 4.69) is 9.98 Å². The van der Waals surface area contributed by atoms with Crippen molar-refractivity contribution in [3.63, 3.8) is 0 Å². The molecule has 2 N–H and O–H groups in total. The highest BCUT2D eigenvalue weighted by atomic mass is 15.2. The number of nitrogens with two attached hydrogens (primary N) is 1. The summed E-state index contributed by atoms with van der Waals surface area (Å²) in [5, 5.41) is 0. The fourth-order valence-electron chi connectivity index (χ4n) is 1.37. The summed E-state index contributed by atoms with van der Waals surface area (Å²) in [7, 11) is 1.92. The lowest BCUT2D eigenvalue weighted by Crippen LogP contribution is -2.34. The summed E-state index contributed by atoms with van der Waals surface area (Å²) in [6, 6.07) is 6.19. The quantitative estimate of drug-likeness (QED) is 0.621. The maximum atomic E-state index is 5.85. The molecule has 0 spiro atoms. The predicted octanol–water partition coefficient (Wildman–Crippen LogP) is 1.54. The first-order chi connectivity index (χ1) is 7.49. The highest BCUT2D eigenvalue weighted by Gasteiger charge is 2.04. The summed E-state index contributed by atoms with van der Waals surface area (Å²) in [4.78, 5) is 10.6. The Balaban J connectivity index is 2.67. The van der Waals surface area contributed by atoms with E-state index < -0.39 is 0 Å². The Bertz CT molecular complexity index is 371. The van der Waals surface area contributed by atoms with Gasteiger partial charge in [-0.25, -0.2) is 0 Å². The van der Waals surface area contributed by atoms with Gasteiger partial charge in [-0.05, 0) is 32.9 Å². The SMILES string of the molecule is Cc1cccc(CN(C)C(N)=NC(C)C)n1. The lowest BCUT2D eigenvalue weighted by molar-refractivity contribution is 0.481. The Kier molecular flexibility index (Phi) is 4.28. The van der Waals surface area contributed by atoms with Gasteiger partial charge in [-0.2, -0.15) is 0 Å². The largest absolute Gasteiger partial charge is 0.370 e. The van der Waals surface area contributed by atoms with E-state index in [1.54, 1.807) is 0 Å². The molecular formula is C12H20N4. The summed E-state index contributed by atoms with van der Waals surface area (Å²) in [6.45, 7) is 6.68. The molecule has 0 unspecified atom stereocenters. The molecule has 0 amide bonds. The summed E-state index contributed by atoms with van der Waals surface area (Å²) in [5.41, 5.74) is 7.88. The molecule has 16 heavy (non-hydrogen) atoms. The number of rotatable bonds is 3. The molecule has 0 atom stereocenters. The third-order valence-electron chi connectivity index (χ3n) is 2.13. The van der Waals surface area contributed by atoms with Crippen LogP contribution in [0, 0.1) is 6.92 Å². The van der Waals surface area contributed by atoms with Crippen molar-refractivity contribution in [3.05, 3.63) is 29.6 Å². The Hall–Kier alpha value is -1.58. The van der Waals surface area contributed by atoms with Crippen molar-refractivity contribution in [1.82, 2.24) is 9.88 Å². The smallest absolute Gasteiger partial charge is 0.191 e. The Morgan fingerprint density at radius 3 is 2.75 bits per heavy atom. The maximum absolute atomic E-state index is 5.85. The van der Waals surface area contributed by atoms with Crippen molar-refractivity contribution in [1.29, 1.82) is 0 Å². The van der Waals surface area contributed by atoms with E-state index in [4.69, 9.17) is 5.73 Å². The van der Waals surface area contributed by atoms with Crippen LogP contribution in [0.4, 0.5) is 0 Å². The standard InChI is InChI=1S/C12H20N4/c1-9(2)14-12(13)16(4)8-11-7-5-6-10(3)15-11/h5-7,9H,8H2,1-4H3,(H2,13,14). The van der Waals surface area contributed by atoms with Crippen LogP contribution in [0.3, 0.4) is 0 Å². The van der Waals surface area contributed by atoms with Gasteiger partial charge in [0.15, 0.2) is 5.96 Å². The number of aryl methyl sites for hydroxylation is 1. The van der Waals surface area contributed by atoms with Crippen LogP contribution in [-0.2, 0) is 6.54 Å². The molecule has 0 fully saturated rings. The second kappa shape index (κ2) is 5.49. The van der Waals surface area contributed by atoms with Crippen LogP contribution in [0.25, 0.3) is 0 Å². The third-order valence-corrected chi connectivity index (χ3v) is 2.13. The highest BCUT2D eigenvalue weighted by molar-refractivity contribution is 5.77. The van der Waals surface area contributed by atoms with Gasteiger partial charge in [0.2, 0.25) is 0 Å². The van der Waals surface area contributed by atoms with Crippen LogP contribution in [0.1, 0.15) is 25.2 Å². The van der Waals surface area contributed by atoms with Gasteiger partial charge >= 0.3 is 0 Å². The van der Waals surface area contributed by atoms with E-state index in [9.17, 15) is 0 Å². The first kappa shape index (κ1) is 12.5. The number of aliphatic imine (C=N–C) groups is 1. The zero-order valence-electron chi connectivity index (χ0n) is 10.4. The molecule has 1 aromatic rings. The zero-order chi connectivity index (χ0) is 12.1. The summed E-state index contributed by atoms with van der Waals surface area (Å²) in [5.74, 6) is 0.554. The molecule has 0 aromatic carbocycles. The third kappa shape index (κ3) is 3.88. The summed E-state index contributed by atoms with van der Waals surface area (Å²) in [6.07, 6.45) is 0. The lowest BCUT2D eigenvalue weighted by atomic mass is 10.3. The molecule has 4 nitrogen and oxygen atoms in total. The van der Waals surface area contributed by atoms with Crippen molar-refractivity contribution in [2.75, 3.05) is 7.05 Å². The molecule has 0 bridgehead atoms. The number of hydrogen-bond donors (Lipinski definition) is 1. The topological polar surface area (TPSA) is 54.5 Å². The minimum atomic E-state index is 0.216. The monoisotopic (exact) mass is 220 g/mol. The number of hydrogen-bond acceptors (Lipinski definition) is 2. The van der Waals surface area contributed by atoms with Gasteiger partial charge in [0.1, 0.15) is 0 Å². The van der Waals surface area contributed by atoms with Crippen molar-refractivity contribution in [2.45, 2.75) is 33.4 Å². The zero-order valence-corrected chi connectivity index (χ0v) is 10.4. The fourth-order valence-corrected chi connectivity index (χ4v) is 1.37. The molecule has 4 heteroatoms. The number of guanidine groups is 1. The molecule has 1 rings (SSSR count). The van der Waals surface area contributed by atoms with E-state index in [0.717, 1.165) is 11.4 Å². The van der Waals surface area contributed by atoms with E-state index in [1.165, 1.54) is 0 Å². The van der Waals surface area contributed by atoms with Crippen molar-refractivity contribution < 1.29 is 0 Å². The molecule has 88 valence electrons. The van der Waals surface area contributed by atoms with Crippen molar-refractivity contribution in [2.24, 2.45) is 10.7 Å². The van der Waals surface area contributed by atoms with Gasteiger partial charge in [-0.3, -0.25) is 9.98 Å². The van der Waals surface area contributed by atoms with Gasteiger partial charge in [0, 0.05) is 18.8 Å². The summed E-state index contributed by atoms with van der Waals surface area (Å²) < 4.78 is 0. The van der Waals surface area contributed by atoms with Crippen LogP contribution in [-0.4, -0.2) is 28.9 Å². The minimum absolute atomic E-state index is 0.216. The van der Waals surface area contributed by atoms with Gasteiger partial charge < -0.3 is 10.6 Å². The molecule has 0 radical (unpaired) electrons. The van der Waals surface area contributed by atoms with Gasteiger partial charge in [0.05, 0.1) is 12.2 Å². The molecule has 0 saturated heterocycles. The molecule has 1 heterocycles. The molecule has 0 aliphatic rings. The maximum Gasteiger partial charge on any atom is 0.191 e. The molecule has 0 saturated carbocycles. The number of pyridine rings is 1. The normalized spacial score (nSPS) is 11.9. The summed E-state index contributed by atoms with van der Waals surface area (Å²) >= 11 is 0. The Labute approximate surface area is 97.2 Å². The Morgan fingerprint density at radius 2 is 2.19 bits per heavy atom. The number of nitrogens with zero attached hydrogens (tertiary/aromatic N) is 3. The fraction of sp³-hybridized carbons (Fsp3) is 0.500. The molecule has 0 aliphatic heterocycles. The van der Waals surface area contributed by atoms with E-state index in [-0.39, 0.29) is 6.04 Å². The van der Waals surface area contributed by atoms with Crippen molar-refractivity contribution >= 4 is 5.96 Å². The van der Waals surface area contributed by atoms with Crippen molar-refractivity contribution in [3.8, 4) is 0 Å². The second-order valence-electron chi connectivity index (χ2n) is 4.21. The number of aromatic nitrogens is 1. The Morgan fingerprint density at radius 1 is 1.50 bits per heavy atom. The van der Waals surface area contributed by atoms with Crippen LogP contribution in [0.2, 0.25) is 0 Å². The second-order valence-corrected chi connectivity index (χ2v) is 4.21. The van der Waals surface area contributed by atoms with E-state index >= 15 is 0 Å². The first-order valence-corrected chi connectivity index (χ1v) is 5.46. The lowest BCUT2D eigenvalue weighted by Gasteiger charge is -2.18. The molecular weight excluding hydrogens is 200 g/mol. The van der Waals surface area contributed by atoms with Crippen LogP contribution in [0.5, 0.6) is 0 Å². The van der Waals surface area contributed by atoms with Crippen LogP contribution < -0.4 is 5.73 Å². The highest BCUT2D eigenvalue weighted by Crippen LogP contribution is 2.02. The van der Waals surface area contributed by atoms with E-state index in [1.807, 2.05) is 50.9 Å². The first-order valence-electron chi connectivity index (χ1n) is 5.46. The van der Waals surface area contributed by atoms with Gasteiger partial charge in [-0.1, -0.05) is 6.07 Å². The molecule has 1 aromatic heterocycles. The minimum Gasteiger partial charge on any atom is -0.370 e. The average Bonchev–Trinajstić information content (AvgIpc) is 2.16. The average molecular weight is 220 g/mol. The van der Waals surface area contributed by atoms with Crippen LogP contribution >= 0.6 is 0 Å². The van der Waals surface area contributed by atoms with Gasteiger partial charge in [0.25, 0.3) is 0 Å².